The predicted octanol–water partition coefficient (Wildman–Crippen LogP) is 1.52. The Balaban J connectivity index is 1.82. The van der Waals surface area contributed by atoms with Gasteiger partial charge in [-0.3, -0.25) is 9.69 Å². The van der Waals surface area contributed by atoms with E-state index in [1.54, 1.807) is 11.3 Å². The van der Waals surface area contributed by atoms with Gasteiger partial charge in [-0.2, -0.15) is 0 Å². The summed E-state index contributed by atoms with van der Waals surface area (Å²) in [6.07, 6.45) is -0.455. The normalized spacial score (nSPS) is 17.7. The lowest BCUT2D eigenvalue weighted by molar-refractivity contribution is 0.0111. The molecule has 0 radical (unpaired) electrons. The molecule has 0 aromatic carbocycles. The number of β-amino-alcohol motifs (C(OH)–C–C–N with tert-alkyl or cyclic N) is 1. The van der Waals surface area contributed by atoms with Crippen molar-refractivity contribution < 1.29 is 14.6 Å². The van der Waals surface area contributed by atoms with Gasteiger partial charge in [-0.15, -0.1) is 11.3 Å². The Kier molecular flexibility index (Phi) is 6.37. The molecule has 1 amide bonds. The van der Waals surface area contributed by atoms with Gasteiger partial charge < -0.3 is 14.7 Å². The average molecular weight is 326 g/mol. The maximum atomic E-state index is 12.5. The minimum Gasteiger partial charge on any atom is -0.389 e. The second kappa shape index (κ2) is 8.06. The van der Waals surface area contributed by atoms with Crippen molar-refractivity contribution in [2.75, 3.05) is 45.9 Å². The highest BCUT2D eigenvalue weighted by Gasteiger charge is 2.24. The van der Waals surface area contributed by atoms with Crippen LogP contribution in [0.3, 0.4) is 0 Å². The van der Waals surface area contributed by atoms with Crippen molar-refractivity contribution in [3.05, 3.63) is 21.4 Å². The summed E-state index contributed by atoms with van der Waals surface area (Å²) in [6, 6.07) is 1.99. The van der Waals surface area contributed by atoms with Gasteiger partial charge in [0.1, 0.15) is 0 Å². The fourth-order valence-corrected chi connectivity index (χ4v) is 3.67. The molecule has 5 nitrogen and oxygen atoms in total. The van der Waals surface area contributed by atoms with Gasteiger partial charge in [-0.1, -0.05) is 0 Å². The number of carbonyl (C=O) groups is 1. The van der Waals surface area contributed by atoms with E-state index in [1.807, 2.05) is 31.7 Å². The molecule has 1 aromatic rings. The molecule has 1 aliphatic heterocycles. The number of hydrogen-bond acceptors (Lipinski definition) is 5. The Morgan fingerprint density at radius 2 is 2.05 bits per heavy atom. The summed E-state index contributed by atoms with van der Waals surface area (Å²) in [6.45, 7) is 10.6. The number of aryl methyl sites for hydroxylation is 2. The summed E-state index contributed by atoms with van der Waals surface area (Å²) in [7, 11) is 0. The van der Waals surface area contributed by atoms with Gasteiger partial charge >= 0.3 is 0 Å². The number of thiophene rings is 1. The van der Waals surface area contributed by atoms with Crippen molar-refractivity contribution in [2.45, 2.75) is 26.9 Å². The SMILES string of the molecule is CCOC[C@H](O)CN1CCN(C(=O)c2cc(C)sc2C)CC1. The van der Waals surface area contributed by atoms with Crippen LogP contribution in [0.1, 0.15) is 27.0 Å². The smallest absolute Gasteiger partial charge is 0.255 e. The molecule has 2 rings (SSSR count). The molecule has 124 valence electrons. The minimum atomic E-state index is -0.455. The number of nitrogens with zero attached hydrogens (tertiary/aromatic N) is 2. The van der Waals surface area contributed by atoms with E-state index >= 15 is 0 Å². The van der Waals surface area contributed by atoms with Gasteiger partial charge in [0.15, 0.2) is 0 Å². The van der Waals surface area contributed by atoms with Crippen LogP contribution >= 0.6 is 11.3 Å². The highest BCUT2D eigenvalue weighted by molar-refractivity contribution is 7.12. The molecule has 0 spiro atoms. The largest absolute Gasteiger partial charge is 0.389 e. The van der Waals surface area contributed by atoms with Crippen LogP contribution in [0.4, 0.5) is 0 Å². The Morgan fingerprint density at radius 1 is 1.36 bits per heavy atom. The molecule has 0 unspecified atom stereocenters. The number of aliphatic hydroxyl groups is 1. The van der Waals surface area contributed by atoms with Crippen LogP contribution in [0.2, 0.25) is 0 Å². The molecular weight excluding hydrogens is 300 g/mol. The topological polar surface area (TPSA) is 53.0 Å². The molecule has 1 atom stereocenters. The third kappa shape index (κ3) is 4.52. The molecule has 1 aromatic heterocycles. The van der Waals surface area contributed by atoms with Crippen molar-refractivity contribution in [2.24, 2.45) is 0 Å². The number of rotatable bonds is 6. The molecule has 2 heterocycles. The maximum Gasteiger partial charge on any atom is 0.255 e. The van der Waals surface area contributed by atoms with Crippen molar-refractivity contribution in [3.63, 3.8) is 0 Å². The molecule has 1 fully saturated rings. The quantitative estimate of drug-likeness (QED) is 0.861. The minimum absolute atomic E-state index is 0.136. The van der Waals surface area contributed by atoms with Crippen molar-refractivity contribution >= 4 is 17.2 Å². The lowest BCUT2D eigenvalue weighted by atomic mass is 10.2. The van der Waals surface area contributed by atoms with E-state index in [1.165, 1.54) is 4.88 Å². The van der Waals surface area contributed by atoms with Crippen LogP contribution < -0.4 is 0 Å². The first-order valence-electron chi connectivity index (χ1n) is 7.85. The fraction of sp³-hybridized carbons (Fsp3) is 0.688. The first-order chi connectivity index (χ1) is 10.5. The van der Waals surface area contributed by atoms with Gasteiger partial charge in [-0.05, 0) is 26.8 Å². The zero-order valence-electron chi connectivity index (χ0n) is 13.7. The third-order valence-electron chi connectivity index (χ3n) is 3.91. The van der Waals surface area contributed by atoms with Gasteiger partial charge in [0, 0.05) is 49.1 Å². The van der Waals surface area contributed by atoms with Crippen LogP contribution in [-0.2, 0) is 4.74 Å². The lowest BCUT2D eigenvalue weighted by Gasteiger charge is -2.35. The monoisotopic (exact) mass is 326 g/mol. The maximum absolute atomic E-state index is 12.5. The predicted molar refractivity (Wildman–Crippen MR) is 88.6 cm³/mol. The van der Waals surface area contributed by atoms with E-state index in [4.69, 9.17) is 4.74 Å². The highest BCUT2D eigenvalue weighted by Crippen LogP contribution is 2.22. The molecule has 1 aliphatic rings. The summed E-state index contributed by atoms with van der Waals surface area (Å²) in [5.74, 6) is 0.136. The Bertz CT molecular complexity index is 496. The van der Waals surface area contributed by atoms with E-state index < -0.39 is 6.10 Å². The average Bonchev–Trinajstić information content (AvgIpc) is 2.84. The Labute approximate surface area is 136 Å². The number of piperazine rings is 1. The van der Waals surface area contributed by atoms with E-state index in [-0.39, 0.29) is 5.91 Å². The summed E-state index contributed by atoms with van der Waals surface area (Å²) >= 11 is 1.67. The van der Waals surface area contributed by atoms with Gasteiger partial charge in [0.25, 0.3) is 5.91 Å². The number of hydrogen-bond donors (Lipinski definition) is 1. The molecule has 22 heavy (non-hydrogen) atoms. The first kappa shape index (κ1) is 17.4. The number of ether oxygens (including phenoxy) is 1. The molecule has 1 N–H and O–H groups in total. The van der Waals surface area contributed by atoms with Gasteiger partial charge in [0.2, 0.25) is 0 Å². The Hall–Kier alpha value is -0.950. The molecular formula is C16H26N2O3S. The fourth-order valence-electron chi connectivity index (χ4n) is 2.75. The summed E-state index contributed by atoms with van der Waals surface area (Å²) in [5.41, 5.74) is 0.840. The van der Waals surface area contributed by atoms with E-state index in [2.05, 4.69) is 4.90 Å². The molecule has 0 bridgehead atoms. The number of amides is 1. The highest BCUT2D eigenvalue weighted by atomic mass is 32.1. The van der Waals surface area contributed by atoms with Crippen LogP contribution in [0.25, 0.3) is 0 Å². The second-order valence-electron chi connectivity index (χ2n) is 5.73. The first-order valence-corrected chi connectivity index (χ1v) is 8.67. The molecule has 0 saturated carbocycles. The van der Waals surface area contributed by atoms with Gasteiger partial charge in [-0.25, -0.2) is 0 Å². The standard InChI is InChI=1S/C16H26N2O3S/c1-4-21-11-14(19)10-17-5-7-18(8-6-17)16(20)15-9-12(2)22-13(15)3/h9,14,19H,4-8,10-11H2,1-3H3/t14-/m1/s1. The van der Waals surface area contributed by atoms with Gasteiger partial charge in [0.05, 0.1) is 18.3 Å². The zero-order valence-corrected chi connectivity index (χ0v) is 14.5. The van der Waals surface area contributed by atoms with Crippen molar-refractivity contribution in [3.8, 4) is 0 Å². The van der Waals surface area contributed by atoms with E-state index in [0.29, 0.717) is 32.8 Å². The summed E-state index contributed by atoms with van der Waals surface area (Å²) in [5, 5.41) is 9.88. The second-order valence-corrected chi connectivity index (χ2v) is 7.19. The van der Waals surface area contributed by atoms with Crippen LogP contribution in [0, 0.1) is 13.8 Å². The Morgan fingerprint density at radius 3 is 2.59 bits per heavy atom. The molecule has 6 heteroatoms. The number of carbonyl (C=O) groups excluding carboxylic acids is 1. The van der Waals surface area contributed by atoms with Crippen LogP contribution in [0.15, 0.2) is 6.07 Å². The van der Waals surface area contributed by atoms with Crippen LogP contribution in [0.5, 0.6) is 0 Å². The van der Waals surface area contributed by atoms with E-state index in [0.717, 1.165) is 23.5 Å². The van der Waals surface area contributed by atoms with Crippen molar-refractivity contribution in [1.29, 1.82) is 0 Å². The lowest BCUT2D eigenvalue weighted by Crippen LogP contribution is -2.50. The third-order valence-corrected chi connectivity index (χ3v) is 4.88. The van der Waals surface area contributed by atoms with E-state index in [9.17, 15) is 9.90 Å². The molecule has 0 aliphatic carbocycles. The summed E-state index contributed by atoms with van der Waals surface area (Å²) in [4.78, 5) is 18.9. The van der Waals surface area contributed by atoms with Crippen molar-refractivity contribution in [1.82, 2.24) is 9.80 Å². The number of aliphatic hydroxyl groups excluding tert-OH is 1. The van der Waals surface area contributed by atoms with Crippen LogP contribution in [-0.4, -0.2) is 72.9 Å². The zero-order chi connectivity index (χ0) is 16.1. The molecule has 1 saturated heterocycles. The summed E-state index contributed by atoms with van der Waals surface area (Å²) < 4.78 is 5.23.